The summed E-state index contributed by atoms with van der Waals surface area (Å²) < 4.78 is 12.3. The van der Waals surface area contributed by atoms with E-state index in [4.69, 9.17) is 9.47 Å². The minimum atomic E-state index is -0.234. The number of benzene rings is 2. The monoisotopic (exact) mass is 363 g/mol. The minimum Gasteiger partial charge on any atom is -0.497 e. The molecule has 0 spiro atoms. The fourth-order valence-electron chi connectivity index (χ4n) is 3.40. The minimum absolute atomic E-state index is 0.234. The number of rotatable bonds is 5. The van der Waals surface area contributed by atoms with E-state index in [1.54, 1.807) is 18.8 Å². The van der Waals surface area contributed by atoms with Crippen molar-refractivity contribution < 1.29 is 9.47 Å². The molecule has 0 unspecified atom stereocenters. The first-order valence-electron chi connectivity index (χ1n) is 8.84. The number of hydrogen-bond acceptors (Lipinski definition) is 5. The van der Waals surface area contributed by atoms with Gasteiger partial charge in [-0.25, -0.2) is 4.79 Å². The lowest BCUT2D eigenvalue weighted by molar-refractivity contribution is 0.414. The lowest BCUT2D eigenvalue weighted by Crippen LogP contribution is -2.29. The summed E-state index contributed by atoms with van der Waals surface area (Å²) in [5.41, 5.74) is 3.93. The van der Waals surface area contributed by atoms with Gasteiger partial charge in [-0.05, 0) is 47.9 Å². The van der Waals surface area contributed by atoms with Gasteiger partial charge in [0.05, 0.1) is 19.9 Å². The fraction of sp³-hybridized carbons (Fsp3) is 0.238. The zero-order chi connectivity index (χ0) is 18.8. The van der Waals surface area contributed by atoms with E-state index < -0.39 is 0 Å². The molecule has 0 radical (unpaired) electrons. The van der Waals surface area contributed by atoms with Gasteiger partial charge in [-0.3, -0.25) is 4.57 Å². The van der Waals surface area contributed by atoms with Gasteiger partial charge in [-0.15, -0.1) is 0 Å². The topological polar surface area (TPSA) is 65.4 Å². The number of nitrogens with zero attached hydrogens (tertiary/aromatic N) is 2. The quantitative estimate of drug-likeness (QED) is 0.755. The van der Waals surface area contributed by atoms with Crippen LogP contribution in [0.3, 0.4) is 0 Å². The third-order valence-corrected chi connectivity index (χ3v) is 4.81. The average molecular weight is 363 g/mol. The summed E-state index contributed by atoms with van der Waals surface area (Å²) in [4.78, 5) is 16.7. The molecule has 1 aromatic heterocycles. The van der Waals surface area contributed by atoms with Gasteiger partial charge in [0.15, 0.2) is 0 Å². The molecule has 138 valence electrons. The van der Waals surface area contributed by atoms with E-state index in [1.165, 1.54) is 5.56 Å². The van der Waals surface area contributed by atoms with Crippen molar-refractivity contribution in [2.75, 3.05) is 19.5 Å². The summed E-state index contributed by atoms with van der Waals surface area (Å²) >= 11 is 0. The smallest absolute Gasteiger partial charge is 0.349 e. The molecule has 0 amide bonds. The second-order valence-corrected chi connectivity index (χ2v) is 6.44. The Kier molecular flexibility index (Phi) is 4.54. The second-order valence-electron chi connectivity index (χ2n) is 6.44. The van der Waals surface area contributed by atoms with Gasteiger partial charge in [-0.1, -0.05) is 12.1 Å². The number of aryl methyl sites for hydroxylation is 1. The Balaban J connectivity index is 1.64. The maximum atomic E-state index is 12.5. The highest BCUT2D eigenvalue weighted by molar-refractivity contribution is 5.69. The fourth-order valence-corrected chi connectivity index (χ4v) is 3.40. The standard InChI is InChI=1S/C21H21N3O3/c1-26-16-5-3-4-14(10-16)13-22-20-12-19-18-7-6-17(27-2)11-15(18)8-9-24(19)21(25)23-20/h3-7,10-12H,8-9,13H2,1-2H3,(H,22,23,25). The summed E-state index contributed by atoms with van der Waals surface area (Å²) in [6, 6.07) is 15.7. The van der Waals surface area contributed by atoms with Crippen molar-refractivity contribution in [1.82, 2.24) is 9.55 Å². The first-order chi connectivity index (χ1) is 13.2. The molecule has 1 N–H and O–H groups in total. The molecule has 6 heteroatoms. The van der Waals surface area contributed by atoms with E-state index in [0.717, 1.165) is 34.7 Å². The largest absolute Gasteiger partial charge is 0.497 e. The molecule has 0 atom stereocenters. The highest BCUT2D eigenvalue weighted by atomic mass is 16.5. The summed E-state index contributed by atoms with van der Waals surface area (Å²) in [5.74, 6) is 2.20. The van der Waals surface area contributed by atoms with Crippen LogP contribution in [0, 0.1) is 0 Å². The zero-order valence-corrected chi connectivity index (χ0v) is 15.4. The van der Waals surface area contributed by atoms with Crippen molar-refractivity contribution >= 4 is 5.82 Å². The van der Waals surface area contributed by atoms with E-state index in [9.17, 15) is 4.79 Å². The average Bonchev–Trinajstić information content (AvgIpc) is 2.71. The van der Waals surface area contributed by atoms with Gasteiger partial charge in [0, 0.05) is 24.7 Å². The van der Waals surface area contributed by atoms with E-state index in [1.807, 2.05) is 48.5 Å². The van der Waals surface area contributed by atoms with Crippen molar-refractivity contribution in [2.24, 2.45) is 0 Å². The van der Waals surface area contributed by atoms with Crippen molar-refractivity contribution in [3.8, 4) is 22.8 Å². The number of ether oxygens (including phenoxy) is 2. The molecule has 6 nitrogen and oxygen atoms in total. The molecule has 2 aromatic carbocycles. The lowest BCUT2D eigenvalue weighted by Gasteiger charge is -2.22. The number of nitrogens with one attached hydrogen (secondary N) is 1. The summed E-state index contributed by atoms with van der Waals surface area (Å²) in [7, 11) is 3.30. The number of aromatic nitrogens is 2. The predicted octanol–water partition coefficient (Wildman–Crippen LogP) is 3.10. The SMILES string of the molecule is COc1cccc(CNc2cc3n(c(=O)n2)CCc2cc(OC)ccc2-3)c1. The number of hydrogen-bond donors (Lipinski definition) is 1. The summed E-state index contributed by atoms with van der Waals surface area (Å²) in [6.07, 6.45) is 0.789. The summed E-state index contributed by atoms with van der Waals surface area (Å²) in [6.45, 7) is 1.18. The van der Waals surface area contributed by atoms with E-state index >= 15 is 0 Å². The van der Waals surface area contributed by atoms with Crippen LogP contribution in [0.4, 0.5) is 5.82 Å². The van der Waals surface area contributed by atoms with Gasteiger partial charge < -0.3 is 14.8 Å². The van der Waals surface area contributed by atoms with Crippen LogP contribution in [0.15, 0.2) is 53.3 Å². The highest BCUT2D eigenvalue weighted by Crippen LogP contribution is 2.31. The first kappa shape index (κ1) is 17.1. The van der Waals surface area contributed by atoms with Gasteiger partial charge in [0.2, 0.25) is 0 Å². The van der Waals surface area contributed by atoms with Gasteiger partial charge in [0.25, 0.3) is 0 Å². The Labute approximate surface area is 157 Å². The van der Waals surface area contributed by atoms with Crippen molar-refractivity contribution in [3.63, 3.8) is 0 Å². The number of methoxy groups -OCH3 is 2. The van der Waals surface area contributed by atoms with Crippen LogP contribution in [0.25, 0.3) is 11.3 Å². The third-order valence-electron chi connectivity index (χ3n) is 4.81. The molecule has 4 rings (SSSR count). The van der Waals surface area contributed by atoms with Crippen LogP contribution in [0.5, 0.6) is 11.5 Å². The summed E-state index contributed by atoms with van der Waals surface area (Å²) in [5, 5.41) is 3.25. The normalized spacial score (nSPS) is 12.1. The molecule has 1 aliphatic rings. The molecule has 0 aliphatic carbocycles. The Morgan fingerprint density at radius 2 is 1.89 bits per heavy atom. The Morgan fingerprint density at radius 1 is 1.07 bits per heavy atom. The van der Waals surface area contributed by atoms with E-state index in [-0.39, 0.29) is 5.69 Å². The second kappa shape index (κ2) is 7.15. The van der Waals surface area contributed by atoms with Gasteiger partial charge in [0.1, 0.15) is 17.3 Å². The van der Waals surface area contributed by atoms with Crippen LogP contribution in [-0.4, -0.2) is 23.8 Å². The number of anilines is 1. The van der Waals surface area contributed by atoms with Crippen LogP contribution in [-0.2, 0) is 19.5 Å². The molecule has 0 fully saturated rings. The Bertz CT molecular complexity index is 1040. The van der Waals surface area contributed by atoms with Crippen molar-refractivity contribution in [3.05, 3.63) is 70.1 Å². The maximum Gasteiger partial charge on any atom is 0.349 e. The first-order valence-corrected chi connectivity index (χ1v) is 8.84. The van der Waals surface area contributed by atoms with Crippen LogP contribution in [0.1, 0.15) is 11.1 Å². The van der Waals surface area contributed by atoms with Gasteiger partial charge >= 0.3 is 5.69 Å². The molecule has 3 aromatic rings. The van der Waals surface area contributed by atoms with Crippen LogP contribution < -0.4 is 20.5 Å². The van der Waals surface area contributed by atoms with Crippen LogP contribution in [0.2, 0.25) is 0 Å². The molecule has 0 saturated carbocycles. The highest BCUT2D eigenvalue weighted by Gasteiger charge is 2.19. The Hall–Kier alpha value is -3.28. The maximum absolute atomic E-state index is 12.5. The molecular formula is C21H21N3O3. The van der Waals surface area contributed by atoms with Crippen LogP contribution >= 0.6 is 0 Å². The predicted molar refractivity (Wildman–Crippen MR) is 105 cm³/mol. The molecule has 0 bridgehead atoms. The Morgan fingerprint density at radius 3 is 2.70 bits per heavy atom. The molecule has 27 heavy (non-hydrogen) atoms. The van der Waals surface area contributed by atoms with Gasteiger partial charge in [-0.2, -0.15) is 4.98 Å². The molecule has 1 aliphatic heterocycles. The zero-order valence-electron chi connectivity index (χ0n) is 15.4. The third kappa shape index (κ3) is 3.38. The molecule has 0 saturated heterocycles. The number of fused-ring (bicyclic) bond motifs is 3. The van der Waals surface area contributed by atoms with Crippen molar-refractivity contribution in [2.45, 2.75) is 19.5 Å². The lowest BCUT2D eigenvalue weighted by atomic mass is 9.97. The molecule has 2 heterocycles. The molecular weight excluding hydrogens is 342 g/mol. The van der Waals surface area contributed by atoms with Crippen molar-refractivity contribution in [1.29, 1.82) is 0 Å². The van der Waals surface area contributed by atoms with E-state index in [2.05, 4.69) is 10.3 Å². The van der Waals surface area contributed by atoms with E-state index in [0.29, 0.717) is 18.9 Å².